The lowest BCUT2D eigenvalue weighted by atomic mass is 10.1. The van der Waals surface area contributed by atoms with Crippen molar-refractivity contribution in [2.75, 3.05) is 36.5 Å². The highest BCUT2D eigenvalue weighted by Gasteiger charge is 2.14. The molecule has 1 aromatic carbocycles. The van der Waals surface area contributed by atoms with Crippen molar-refractivity contribution >= 4 is 11.4 Å². The van der Waals surface area contributed by atoms with Gasteiger partial charge in [0.05, 0.1) is 24.5 Å². The minimum Gasteiger partial charge on any atom is -0.378 e. The average molecular weight is 279 g/mol. The molecule has 1 aromatic rings. The molecule has 21 heavy (non-hydrogen) atoms. The molecule has 0 atom stereocenters. The molecule has 0 radical (unpaired) electrons. The quantitative estimate of drug-likeness (QED) is 0.846. The third-order valence-corrected chi connectivity index (χ3v) is 3.09. The van der Waals surface area contributed by atoms with Gasteiger partial charge in [-0.25, -0.2) is 0 Å². The number of nitriles is 3. The number of benzene rings is 1. The van der Waals surface area contributed by atoms with Crippen molar-refractivity contribution in [1.82, 2.24) is 0 Å². The minimum absolute atomic E-state index is 0.0224. The van der Waals surface area contributed by atoms with Crippen LogP contribution in [-0.2, 0) is 4.74 Å². The van der Waals surface area contributed by atoms with Crippen LogP contribution in [0.25, 0.3) is 0 Å². The summed E-state index contributed by atoms with van der Waals surface area (Å²) in [6, 6.07) is 11.1. The summed E-state index contributed by atoms with van der Waals surface area (Å²) in [7, 11) is 0. The van der Waals surface area contributed by atoms with Crippen LogP contribution in [-0.4, -0.2) is 26.3 Å². The molecule has 1 heterocycles. The minimum atomic E-state index is -0.0224. The Bertz CT molecular complexity index is 653. The monoisotopic (exact) mass is 279 g/mol. The number of ether oxygens (including phenoxy) is 1. The molecular formula is C15H13N5O. The van der Waals surface area contributed by atoms with Gasteiger partial charge in [0, 0.05) is 25.0 Å². The van der Waals surface area contributed by atoms with Crippen molar-refractivity contribution in [3.8, 4) is 18.2 Å². The Kier molecular flexibility index (Phi) is 4.77. The first kappa shape index (κ1) is 14.4. The van der Waals surface area contributed by atoms with Gasteiger partial charge in [0.2, 0.25) is 0 Å². The van der Waals surface area contributed by atoms with Crippen molar-refractivity contribution in [1.29, 1.82) is 15.8 Å². The number of anilines is 2. The molecule has 0 spiro atoms. The van der Waals surface area contributed by atoms with Crippen molar-refractivity contribution in [3.05, 3.63) is 35.5 Å². The Morgan fingerprint density at radius 2 is 1.90 bits per heavy atom. The van der Waals surface area contributed by atoms with Crippen LogP contribution in [0.5, 0.6) is 0 Å². The van der Waals surface area contributed by atoms with Crippen molar-refractivity contribution in [3.63, 3.8) is 0 Å². The summed E-state index contributed by atoms with van der Waals surface area (Å²) in [5, 5.41) is 29.5. The molecule has 1 aliphatic rings. The second-order valence-corrected chi connectivity index (χ2v) is 4.37. The molecule has 2 rings (SSSR count). The van der Waals surface area contributed by atoms with Gasteiger partial charge in [-0.3, -0.25) is 0 Å². The number of morpholine rings is 1. The zero-order valence-electron chi connectivity index (χ0n) is 11.3. The van der Waals surface area contributed by atoms with Crippen LogP contribution in [0.2, 0.25) is 0 Å². The van der Waals surface area contributed by atoms with Crippen LogP contribution in [0.4, 0.5) is 11.4 Å². The van der Waals surface area contributed by atoms with E-state index >= 15 is 0 Å². The summed E-state index contributed by atoms with van der Waals surface area (Å²) in [5.41, 5.74) is 2.05. The van der Waals surface area contributed by atoms with E-state index in [1.165, 1.54) is 6.20 Å². The summed E-state index contributed by atoms with van der Waals surface area (Å²) in [6.07, 6.45) is 1.32. The average Bonchev–Trinajstić information content (AvgIpc) is 2.56. The molecule has 0 bridgehead atoms. The maximum atomic E-state index is 9.29. The summed E-state index contributed by atoms with van der Waals surface area (Å²) < 4.78 is 5.30. The second kappa shape index (κ2) is 6.96. The van der Waals surface area contributed by atoms with E-state index in [9.17, 15) is 5.26 Å². The molecule has 6 nitrogen and oxygen atoms in total. The molecule has 0 saturated carbocycles. The maximum absolute atomic E-state index is 9.29. The van der Waals surface area contributed by atoms with E-state index in [0.29, 0.717) is 24.5 Å². The van der Waals surface area contributed by atoms with Gasteiger partial charge in [0.15, 0.2) is 0 Å². The third-order valence-electron chi connectivity index (χ3n) is 3.09. The highest BCUT2D eigenvalue weighted by Crippen LogP contribution is 2.24. The number of rotatable bonds is 3. The fourth-order valence-corrected chi connectivity index (χ4v) is 2.04. The molecule has 6 heteroatoms. The lowest BCUT2D eigenvalue weighted by Gasteiger charge is -2.29. The lowest BCUT2D eigenvalue weighted by molar-refractivity contribution is 0.122. The Morgan fingerprint density at radius 1 is 1.19 bits per heavy atom. The van der Waals surface area contributed by atoms with Gasteiger partial charge in [-0.2, -0.15) is 15.8 Å². The standard InChI is InChI=1S/C15H13N5O/c16-8-12(9-17)11-19-14-1-2-15(13(7-14)10-18)20-3-5-21-6-4-20/h1-2,7,11,19H,3-6H2. The van der Waals surface area contributed by atoms with Gasteiger partial charge in [-0.1, -0.05) is 0 Å². The molecular weight excluding hydrogens is 266 g/mol. The predicted molar refractivity (Wildman–Crippen MR) is 77.1 cm³/mol. The van der Waals surface area contributed by atoms with Crippen molar-refractivity contribution in [2.45, 2.75) is 0 Å². The largest absolute Gasteiger partial charge is 0.378 e. The molecule has 1 saturated heterocycles. The topological polar surface area (TPSA) is 95.9 Å². The van der Waals surface area contributed by atoms with Gasteiger partial charge >= 0.3 is 0 Å². The normalized spacial score (nSPS) is 13.5. The Hall–Kier alpha value is -3.01. The summed E-state index contributed by atoms with van der Waals surface area (Å²) in [5.74, 6) is 0. The van der Waals surface area contributed by atoms with Gasteiger partial charge < -0.3 is 15.0 Å². The first-order valence-electron chi connectivity index (χ1n) is 6.42. The SMILES string of the molecule is N#CC(C#N)=CNc1ccc(N2CCOCC2)c(C#N)c1. The number of allylic oxidation sites excluding steroid dienone is 1. The van der Waals surface area contributed by atoms with Gasteiger partial charge in [0.1, 0.15) is 23.8 Å². The number of nitrogens with one attached hydrogen (secondary N) is 1. The van der Waals surface area contributed by atoms with E-state index in [1.807, 2.05) is 12.1 Å². The van der Waals surface area contributed by atoms with Crippen LogP contribution in [0.15, 0.2) is 30.0 Å². The van der Waals surface area contributed by atoms with Crippen LogP contribution in [0.1, 0.15) is 5.56 Å². The van der Waals surface area contributed by atoms with E-state index in [0.717, 1.165) is 18.8 Å². The Morgan fingerprint density at radius 3 is 2.52 bits per heavy atom. The fourth-order valence-electron chi connectivity index (χ4n) is 2.04. The molecule has 0 amide bonds. The fraction of sp³-hybridized carbons (Fsp3) is 0.267. The Balaban J connectivity index is 2.21. The molecule has 0 unspecified atom stereocenters. The van der Waals surface area contributed by atoms with E-state index in [-0.39, 0.29) is 5.57 Å². The smallest absolute Gasteiger partial charge is 0.145 e. The first-order chi connectivity index (χ1) is 10.3. The zero-order chi connectivity index (χ0) is 15.1. The maximum Gasteiger partial charge on any atom is 0.145 e. The van der Waals surface area contributed by atoms with Gasteiger partial charge in [0.25, 0.3) is 0 Å². The number of nitrogens with zero attached hydrogens (tertiary/aromatic N) is 4. The van der Waals surface area contributed by atoms with Gasteiger partial charge in [-0.15, -0.1) is 0 Å². The van der Waals surface area contributed by atoms with E-state index in [4.69, 9.17) is 15.3 Å². The van der Waals surface area contributed by atoms with Crippen LogP contribution >= 0.6 is 0 Å². The van der Waals surface area contributed by atoms with Gasteiger partial charge in [-0.05, 0) is 18.2 Å². The molecule has 1 N–H and O–H groups in total. The number of hydrogen-bond acceptors (Lipinski definition) is 6. The number of hydrogen-bond donors (Lipinski definition) is 1. The molecule has 0 aromatic heterocycles. The Labute approximate surface area is 123 Å². The zero-order valence-corrected chi connectivity index (χ0v) is 11.3. The highest BCUT2D eigenvalue weighted by atomic mass is 16.5. The van der Waals surface area contributed by atoms with Crippen LogP contribution in [0, 0.1) is 34.0 Å². The molecule has 104 valence electrons. The summed E-state index contributed by atoms with van der Waals surface area (Å²) in [6.45, 7) is 2.82. The van der Waals surface area contributed by atoms with E-state index < -0.39 is 0 Å². The second-order valence-electron chi connectivity index (χ2n) is 4.37. The lowest BCUT2D eigenvalue weighted by Crippen LogP contribution is -2.36. The summed E-state index contributed by atoms with van der Waals surface area (Å²) >= 11 is 0. The van der Waals surface area contributed by atoms with Crippen LogP contribution < -0.4 is 10.2 Å². The highest BCUT2D eigenvalue weighted by molar-refractivity contribution is 5.66. The van der Waals surface area contributed by atoms with Crippen LogP contribution in [0.3, 0.4) is 0 Å². The molecule has 1 aliphatic heterocycles. The first-order valence-corrected chi connectivity index (χ1v) is 6.42. The molecule has 1 fully saturated rings. The summed E-state index contributed by atoms with van der Waals surface area (Å²) in [4.78, 5) is 2.11. The van der Waals surface area contributed by atoms with E-state index in [2.05, 4.69) is 16.3 Å². The van der Waals surface area contributed by atoms with Crippen molar-refractivity contribution < 1.29 is 4.74 Å². The van der Waals surface area contributed by atoms with E-state index in [1.54, 1.807) is 18.2 Å². The van der Waals surface area contributed by atoms with Crippen molar-refractivity contribution in [2.24, 2.45) is 0 Å². The molecule has 0 aliphatic carbocycles. The predicted octanol–water partition coefficient (Wildman–Crippen LogP) is 1.74. The third kappa shape index (κ3) is 3.51.